The first kappa shape index (κ1) is 14.8. The number of hydrogen-bond acceptors (Lipinski definition) is 3. The third-order valence-corrected chi connectivity index (χ3v) is 4.51. The lowest BCUT2D eigenvalue weighted by molar-refractivity contribution is -0.0806. The maximum Gasteiger partial charge on any atom is 0.0888 e. The highest BCUT2D eigenvalue weighted by molar-refractivity contribution is 6.30. The summed E-state index contributed by atoms with van der Waals surface area (Å²) < 4.78 is 5.91. The molecule has 1 saturated carbocycles. The van der Waals surface area contributed by atoms with Gasteiger partial charge >= 0.3 is 0 Å². The Labute approximate surface area is 120 Å². The van der Waals surface area contributed by atoms with Crippen molar-refractivity contribution in [2.75, 3.05) is 7.11 Å². The molecule has 0 bridgehead atoms. The molecule has 106 valence electrons. The van der Waals surface area contributed by atoms with Crippen LogP contribution in [0, 0.1) is 5.92 Å². The van der Waals surface area contributed by atoms with E-state index >= 15 is 0 Å². The van der Waals surface area contributed by atoms with E-state index in [9.17, 15) is 0 Å². The summed E-state index contributed by atoms with van der Waals surface area (Å²) in [5, 5.41) is 0.730. The van der Waals surface area contributed by atoms with Crippen molar-refractivity contribution >= 4 is 11.6 Å². The summed E-state index contributed by atoms with van der Waals surface area (Å²) in [4.78, 5) is 0. The van der Waals surface area contributed by atoms with Gasteiger partial charge in [0.2, 0.25) is 0 Å². The minimum Gasteiger partial charge on any atom is -0.376 e. The number of nitrogens with two attached hydrogens (primary N) is 1. The molecule has 1 aliphatic rings. The average molecular weight is 283 g/mol. The summed E-state index contributed by atoms with van der Waals surface area (Å²) in [5.41, 5.74) is 3.79. The highest BCUT2D eigenvalue weighted by Gasteiger charge is 2.42. The maximum atomic E-state index is 6.09. The van der Waals surface area contributed by atoms with Gasteiger partial charge < -0.3 is 4.74 Å². The Morgan fingerprint density at radius 2 is 2.32 bits per heavy atom. The van der Waals surface area contributed by atoms with Crippen LogP contribution in [0.25, 0.3) is 0 Å². The molecule has 3 N–H and O–H groups in total. The maximum absolute atomic E-state index is 6.09. The van der Waals surface area contributed by atoms with Crippen LogP contribution in [-0.2, 0) is 4.74 Å². The van der Waals surface area contributed by atoms with E-state index in [1.54, 1.807) is 7.11 Å². The average Bonchev–Trinajstić information content (AvgIpc) is 2.39. The Bertz CT molecular complexity index is 426. The van der Waals surface area contributed by atoms with Crippen LogP contribution in [0.3, 0.4) is 0 Å². The fraction of sp³-hybridized carbons (Fsp3) is 0.600. The fourth-order valence-electron chi connectivity index (χ4n) is 3.35. The molecule has 0 aromatic heterocycles. The first-order valence-corrected chi connectivity index (χ1v) is 7.26. The van der Waals surface area contributed by atoms with Crippen molar-refractivity contribution in [2.45, 2.75) is 44.2 Å². The molecular formula is C15H23ClN2O. The van der Waals surface area contributed by atoms with Gasteiger partial charge in [-0.1, -0.05) is 43.5 Å². The normalized spacial score (nSPS) is 29.2. The van der Waals surface area contributed by atoms with Crippen LogP contribution in [0.15, 0.2) is 24.3 Å². The van der Waals surface area contributed by atoms with Crippen LogP contribution in [0.5, 0.6) is 0 Å². The van der Waals surface area contributed by atoms with E-state index in [4.69, 9.17) is 22.2 Å². The topological polar surface area (TPSA) is 47.3 Å². The van der Waals surface area contributed by atoms with E-state index in [-0.39, 0.29) is 11.6 Å². The van der Waals surface area contributed by atoms with Gasteiger partial charge in [0.15, 0.2) is 0 Å². The zero-order chi connectivity index (χ0) is 13.9. The lowest BCUT2D eigenvalue weighted by Crippen LogP contribution is -2.50. The van der Waals surface area contributed by atoms with Gasteiger partial charge in [0.05, 0.1) is 11.6 Å². The van der Waals surface area contributed by atoms with Crippen molar-refractivity contribution in [3.63, 3.8) is 0 Å². The Balaban J connectivity index is 2.33. The fourth-order valence-corrected chi connectivity index (χ4v) is 3.55. The van der Waals surface area contributed by atoms with Crippen molar-refractivity contribution in [3.8, 4) is 0 Å². The van der Waals surface area contributed by atoms with Gasteiger partial charge in [-0.25, -0.2) is 0 Å². The molecule has 19 heavy (non-hydrogen) atoms. The van der Waals surface area contributed by atoms with Gasteiger partial charge in [0, 0.05) is 12.1 Å². The highest BCUT2D eigenvalue weighted by atomic mass is 35.5. The van der Waals surface area contributed by atoms with Gasteiger partial charge in [0.1, 0.15) is 0 Å². The number of hydrazine groups is 1. The SMILES string of the molecule is COC1(C(NN)c2cccc(Cl)c2)CCCC(C)C1. The molecule has 0 heterocycles. The van der Waals surface area contributed by atoms with E-state index in [1.165, 1.54) is 12.8 Å². The molecule has 3 unspecified atom stereocenters. The van der Waals surface area contributed by atoms with Gasteiger partial charge in [-0.15, -0.1) is 0 Å². The lowest BCUT2D eigenvalue weighted by Gasteiger charge is -2.44. The molecule has 0 radical (unpaired) electrons. The molecule has 3 atom stereocenters. The molecule has 0 saturated heterocycles. The molecule has 4 heteroatoms. The zero-order valence-electron chi connectivity index (χ0n) is 11.7. The number of nitrogens with one attached hydrogen (secondary N) is 1. The minimum absolute atomic E-state index is 0.0288. The van der Waals surface area contributed by atoms with Crippen LogP contribution in [0.1, 0.15) is 44.2 Å². The third-order valence-electron chi connectivity index (χ3n) is 4.27. The second-order valence-corrected chi connectivity index (χ2v) is 6.06. The molecule has 0 amide bonds. The van der Waals surface area contributed by atoms with E-state index in [2.05, 4.69) is 18.4 Å². The second-order valence-electron chi connectivity index (χ2n) is 5.63. The van der Waals surface area contributed by atoms with E-state index < -0.39 is 0 Å². The van der Waals surface area contributed by atoms with Crippen molar-refractivity contribution in [3.05, 3.63) is 34.9 Å². The number of halogens is 1. The number of ether oxygens (including phenoxy) is 1. The van der Waals surface area contributed by atoms with Crippen LogP contribution in [-0.4, -0.2) is 12.7 Å². The number of rotatable bonds is 4. The van der Waals surface area contributed by atoms with E-state index in [0.717, 1.165) is 23.4 Å². The first-order valence-electron chi connectivity index (χ1n) is 6.88. The molecule has 1 fully saturated rings. The molecule has 1 aliphatic carbocycles. The summed E-state index contributed by atoms with van der Waals surface area (Å²) in [6.45, 7) is 2.28. The molecule has 0 spiro atoms. The summed E-state index contributed by atoms with van der Waals surface area (Å²) in [6.07, 6.45) is 4.48. The molecule has 2 rings (SSSR count). The van der Waals surface area contributed by atoms with Crippen molar-refractivity contribution in [1.29, 1.82) is 0 Å². The Hall–Kier alpha value is -0.610. The molecule has 1 aromatic carbocycles. The summed E-state index contributed by atoms with van der Waals surface area (Å²) in [5.74, 6) is 6.48. The van der Waals surface area contributed by atoms with Gasteiger partial charge in [-0.2, -0.15) is 0 Å². The quantitative estimate of drug-likeness (QED) is 0.657. The largest absolute Gasteiger partial charge is 0.376 e. The van der Waals surface area contributed by atoms with Gasteiger partial charge in [0.25, 0.3) is 0 Å². The van der Waals surface area contributed by atoms with Crippen LogP contribution in [0.2, 0.25) is 5.02 Å². The van der Waals surface area contributed by atoms with E-state index in [1.807, 2.05) is 18.2 Å². The number of methoxy groups -OCH3 is 1. The monoisotopic (exact) mass is 282 g/mol. The zero-order valence-corrected chi connectivity index (χ0v) is 12.4. The first-order chi connectivity index (χ1) is 9.11. The standard InChI is InChI=1S/C15H23ClN2O/c1-11-5-4-8-15(10-11,19-2)14(18-17)12-6-3-7-13(16)9-12/h3,6-7,9,11,14,18H,4-5,8,10,17H2,1-2H3. The summed E-state index contributed by atoms with van der Waals surface area (Å²) in [7, 11) is 1.78. The highest BCUT2D eigenvalue weighted by Crippen LogP contribution is 2.43. The van der Waals surface area contributed by atoms with Crippen molar-refractivity contribution < 1.29 is 4.74 Å². The second kappa shape index (κ2) is 6.23. The smallest absolute Gasteiger partial charge is 0.0888 e. The third kappa shape index (κ3) is 3.11. The number of hydrogen-bond donors (Lipinski definition) is 2. The Morgan fingerprint density at radius 1 is 1.53 bits per heavy atom. The van der Waals surface area contributed by atoms with Crippen LogP contribution < -0.4 is 11.3 Å². The summed E-state index contributed by atoms with van der Waals surface area (Å²) in [6, 6.07) is 7.82. The van der Waals surface area contributed by atoms with Crippen molar-refractivity contribution in [1.82, 2.24) is 5.43 Å². The Kier molecular flexibility index (Phi) is 4.85. The van der Waals surface area contributed by atoms with Crippen LogP contribution in [0.4, 0.5) is 0 Å². The van der Waals surface area contributed by atoms with Gasteiger partial charge in [-0.05, 0) is 36.5 Å². The molecule has 3 nitrogen and oxygen atoms in total. The lowest BCUT2D eigenvalue weighted by atomic mass is 9.73. The van der Waals surface area contributed by atoms with E-state index in [0.29, 0.717) is 5.92 Å². The summed E-state index contributed by atoms with van der Waals surface area (Å²) >= 11 is 6.09. The number of benzene rings is 1. The van der Waals surface area contributed by atoms with Gasteiger partial charge in [-0.3, -0.25) is 11.3 Å². The minimum atomic E-state index is -0.239. The predicted octanol–water partition coefficient (Wildman–Crippen LogP) is 3.44. The molecular weight excluding hydrogens is 260 g/mol. The molecule has 0 aliphatic heterocycles. The van der Waals surface area contributed by atoms with Crippen LogP contribution >= 0.6 is 11.6 Å². The Morgan fingerprint density at radius 3 is 2.89 bits per heavy atom. The predicted molar refractivity (Wildman–Crippen MR) is 78.9 cm³/mol. The van der Waals surface area contributed by atoms with Crippen molar-refractivity contribution in [2.24, 2.45) is 11.8 Å². The molecule has 1 aromatic rings.